The molecule has 118 valence electrons. The van der Waals surface area contributed by atoms with Crippen LogP contribution in [0.15, 0.2) is 23.1 Å². The lowest BCUT2D eigenvalue weighted by molar-refractivity contribution is -0.117. The molecule has 0 bridgehead atoms. The quantitative estimate of drug-likeness (QED) is 0.735. The molecule has 0 aliphatic rings. The van der Waals surface area contributed by atoms with E-state index in [1.807, 2.05) is 13.8 Å². The van der Waals surface area contributed by atoms with Crippen molar-refractivity contribution in [1.82, 2.24) is 4.72 Å². The molecule has 0 heterocycles. The number of aryl methyl sites for hydroxylation is 1. The maximum Gasteiger partial charge on any atom is 0.241 e. The second kappa shape index (κ2) is 7.02. The van der Waals surface area contributed by atoms with Gasteiger partial charge in [0.25, 0.3) is 0 Å². The Hall–Kier alpha value is -1.44. The van der Waals surface area contributed by atoms with Gasteiger partial charge in [0.15, 0.2) is 0 Å². The Labute approximate surface area is 126 Å². The highest BCUT2D eigenvalue weighted by atomic mass is 32.2. The fourth-order valence-electron chi connectivity index (χ4n) is 1.86. The highest BCUT2D eigenvalue weighted by Crippen LogP contribution is 2.20. The predicted octanol–water partition coefficient (Wildman–Crippen LogP) is 1.22. The second-order valence-electron chi connectivity index (χ2n) is 5.41. The topological polar surface area (TPSA) is 101 Å². The van der Waals surface area contributed by atoms with E-state index in [-0.39, 0.29) is 10.8 Å². The van der Waals surface area contributed by atoms with Crippen molar-refractivity contribution < 1.29 is 13.2 Å². The maximum atomic E-state index is 12.0. The van der Waals surface area contributed by atoms with E-state index in [1.54, 1.807) is 13.0 Å². The summed E-state index contributed by atoms with van der Waals surface area (Å²) in [5.41, 5.74) is 7.05. The number of amides is 1. The van der Waals surface area contributed by atoms with Crippen LogP contribution in [0.2, 0.25) is 0 Å². The molecule has 0 radical (unpaired) electrons. The molecular formula is C14H23N3O3S. The predicted molar refractivity (Wildman–Crippen MR) is 83.5 cm³/mol. The number of carbonyl (C=O) groups excluding carboxylic acids is 1. The Morgan fingerprint density at radius 2 is 1.95 bits per heavy atom. The minimum Gasteiger partial charge on any atom is -0.324 e. The number of hydrogen-bond donors (Lipinski definition) is 3. The first-order chi connectivity index (χ1) is 9.67. The number of benzene rings is 1. The van der Waals surface area contributed by atoms with Crippen LogP contribution in [-0.2, 0) is 14.8 Å². The molecular weight excluding hydrogens is 290 g/mol. The molecule has 0 saturated heterocycles. The third-order valence-electron chi connectivity index (χ3n) is 3.11. The molecule has 0 fully saturated rings. The van der Waals surface area contributed by atoms with Gasteiger partial charge in [-0.2, -0.15) is 0 Å². The molecule has 0 aliphatic heterocycles. The number of rotatable bonds is 6. The number of anilines is 1. The van der Waals surface area contributed by atoms with Crippen LogP contribution in [0.5, 0.6) is 0 Å². The van der Waals surface area contributed by atoms with E-state index >= 15 is 0 Å². The van der Waals surface area contributed by atoms with Gasteiger partial charge in [-0.15, -0.1) is 0 Å². The number of sulfonamides is 1. The van der Waals surface area contributed by atoms with Crippen molar-refractivity contribution in [3.8, 4) is 0 Å². The summed E-state index contributed by atoms with van der Waals surface area (Å²) in [7, 11) is -2.21. The second-order valence-corrected chi connectivity index (χ2v) is 7.30. The zero-order valence-electron chi connectivity index (χ0n) is 12.8. The van der Waals surface area contributed by atoms with E-state index in [9.17, 15) is 13.2 Å². The standard InChI is InChI=1S/C14H23N3O3S/c1-9(2)7-12(15)14(18)17-13-8-11(6-5-10(13)3)21(19,20)16-4/h5-6,8-9,12,16H,7,15H2,1-4H3,(H,17,18). The summed E-state index contributed by atoms with van der Waals surface area (Å²) in [6.45, 7) is 5.76. The van der Waals surface area contributed by atoms with Crippen molar-refractivity contribution >= 4 is 21.6 Å². The smallest absolute Gasteiger partial charge is 0.241 e. The molecule has 0 saturated carbocycles. The number of carbonyl (C=O) groups is 1. The first-order valence-electron chi connectivity index (χ1n) is 6.78. The number of nitrogens with two attached hydrogens (primary N) is 1. The average molecular weight is 313 g/mol. The minimum atomic E-state index is -3.55. The van der Waals surface area contributed by atoms with Gasteiger partial charge < -0.3 is 11.1 Å². The third-order valence-corrected chi connectivity index (χ3v) is 4.52. The van der Waals surface area contributed by atoms with Gasteiger partial charge >= 0.3 is 0 Å². The van der Waals surface area contributed by atoms with E-state index in [1.165, 1.54) is 19.2 Å². The lowest BCUT2D eigenvalue weighted by Gasteiger charge is -2.16. The summed E-state index contributed by atoms with van der Waals surface area (Å²) in [5.74, 6) is -0.00587. The molecule has 0 spiro atoms. The van der Waals surface area contributed by atoms with Gasteiger partial charge in [-0.25, -0.2) is 13.1 Å². The molecule has 0 aliphatic carbocycles. The summed E-state index contributed by atoms with van der Waals surface area (Å²) >= 11 is 0. The Kier molecular flexibility index (Phi) is 5.88. The first kappa shape index (κ1) is 17.6. The molecule has 6 nitrogen and oxygen atoms in total. The van der Waals surface area contributed by atoms with Crippen LogP contribution < -0.4 is 15.8 Å². The van der Waals surface area contributed by atoms with Crippen molar-refractivity contribution in [3.05, 3.63) is 23.8 Å². The number of nitrogens with one attached hydrogen (secondary N) is 2. The summed E-state index contributed by atoms with van der Waals surface area (Å²) in [6.07, 6.45) is 0.569. The molecule has 1 aromatic carbocycles. The largest absolute Gasteiger partial charge is 0.324 e. The molecule has 0 aromatic heterocycles. The summed E-state index contributed by atoms with van der Waals surface area (Å²) in [4.78, 5) is 12.1. The molecule has 4 N–H and O–H groups in total. The Morgan fingerprint density at radius 1 is 1.33 bits per heavy atom. The van der Waals surface area contributed by atoms with Crippen molar-refractivity contribution in [3.63, 3.8) is 0 Å². The Balaban J connectivity index is 2.98. The van der Waals surface area contributed by atoms with E-state index < -0.39 is 16.1 Å². The van der Waals surface area contributed by atoms with Crippen LogP contribution in [0, 0.1) is 12.8 Å². The summed E-state index contributed by atoms with van der Waals surface area (Å²) in [5, 5.41) is 2.70. The Bertz CT molecular complexity index is 612. The zero-order chi connectivity index (χ0) is 16.2. The van der Waals surface area contributed by atoms with Crippen LogP contribution in [-0.4, -0.2) is 27.4 Å². The van der Waals surface area contributed by atoms with Crippen molar-refractivity contribution in [1.29, 1.82) is 0 Å². The lowest BCUT2D eigenvalue weighted by Crippen LogP contribution is -2.36. The van der Waals surface area contributed by atoms with E-state index in [0.717, 1.165) is 5.56 Å². The van der Waals surface area contributed by atoms with Crippen LogP contribution >= 0.6 is 0 Å². The number of hydrogen-bond acceptors (Lipinski definition) is 4. The van der Waals surface area contributed by atoms with Crippen molar-refractivity contribution in [2.24, 2.45) is 11.7 Å². The summed E-state index contributed by atoms with van der Waals surface area (Å²) in [6, 6.07) is 3.95. The van der Waals surface area contributed by atoms with Gasteiger partial charge in [0, 0.05) is 5.69 Å². The normalized spacial score (nSPS) is 13.2. The molecule has 1 rings (SSSR count). The SMILES string of the molecule is CNS(=O)(=O)c1ccc(C)c(NC(=O)C(N)CC(C)C)c1. The Morgan fingerprint density at radius 3 is 2.48 bits per heavy atom. The molecule has 1 aromatic rings. The van der Waals surface area contributed by atoms with E-state index in [0.29, 0.717) is 18.0 Å². The van der Waals surface area contributed by atoms with Gasteiger partial charge in [-0.3, -0.25) is 4.79 Å². The van der Waals surface area contributed by atoms with Crippen LogP contribution in [0.4, 0.5) is 5.69 Å². The maximum absolute atomic E-state index is 12.0. The third kappa shape index (κ3) is 4.80. The van der Waals surface area contributed by atoms with E-state index in [4.69, 9.17) is 5.73 Å². The highest BCUT2D eigenvalue weighted by Gasteiger charge is 2.18. The van der Waals surface area contributed by atoms with Crippen LogP contribution in [0.1, 0.15) is 25.8 Å². The summed E-state index contributed by atoms with van der Waals surface area (Å²) < 4.78 is 25.8. The molecule has 1 unspecified atom stereocenters. The molecule has 1 atom stereocenters. The van der Waals surface area contributed by atoms with Gasteiger partial charge in [0.1, 0.15) is 0 Å². The fourth-order valence-corrected chi connectivity index (χ4v) is 2.62. The fraction of sp³-hybridized carbons (Fsp3) is 0.500. The van der Waals surface area contributed by atoms with Crippen LogP contribution in [0.25, 0.3) is 0 Å². The molecule has 21 heavy (non-hydrogen) atoms. The van der Waals surface area contributed by atoms with Gasteiger partial charge in [0.2, 0.25) is 15.9 Å². The van der Waals surface area contributed by atoms with E-state index in [2.05, 4.69) is 10.0 Å². The first-order valence-corrected chi connectivity index (χ1v) is 8.26. The average Bonchev–Trinajstić information content (AvgIpc) is 2.40. The van der Waals surface area contributed by atoms with Gasteiger partial charge in [0.05, 0.1) is 10.9 Å². The highest BCUT2D eigenvalue weighted by molar-refractivity contribution is 7.89. The van der Waals surface area contributed by atoms with Gasteiger partial charge in [-0.1, -0.05) is 19.9 Å². The van der Waals surface area contributed by atoms with Crippen LogP contribution in [0.3, 0.4) is 0 Å². The lowest BCUT2D eigenvalue weighted by atomic mass is 10.0. The molecule has 7 heteroatoms. The minimum absolute atomic E-state index is 0.100. The van der Waals surface area contributed by atoms with Crippen molar-refractivity contribution in [2.45, 2.75) is 38.1 Å². The van der Waals surface area contributed by atoms with Gasteiger partial charge in [-0.05, 0) is 44.0 Å². The zero-order valence-corrected chi connectivity index (χ0v) is 13.6. The van der Waals surface area contributed by atoms with Crippen molar-refractivity contribution in [2.75, 3.05) is 12.4 Å². The molecule has 1 amide bonds. The monoisotopic (exact) mass is 313 g/mol.